The number of carbonyl (C=O) groups excluding carboxylic acids is 1. The summed E-state index contributed by atoms with van der Waals surface area (Å²) in [5, 5.41) is 6.13. The molecule has 2 rings (SSSR count). The van der Waals surface area contributed by atoms with Crippen molar-refractivity contribution in [2.45, 2.75) is 45.9 Å². The Balaban J connectivity index is 0.00000264. The highest BCUT2D eigenvalue weighted by atomic mass is 35.5. The minimum atomic E-state index is -2.87. The molecule has 0 bridgehead atoms. The topological polar surface area (TPSA) is 50.4 Å². The Morgan fingerprint density at radius 3 is 2.87 bits per heavy atom. The molecule has 1 saturated heterocycles. The van der Waals surface area contributed by atoms with Gasteiger partial charge < -0.3 is 15.4 Å². The normalized spacial score (nSPS) is 20.7. The van der Waals surface area contributed by atoms with E-state index in [1.165, 1.54) is 6.07 Å². The number of hydrogen-bond acceptors (Lipinski definition) is 3. The Morgan fingerprint density at radius 2 is 2.22 bits per heavy atom. The van der Waals surface area contributed by atoms with Gasteiger partial charge in [0.25, 0.3) is 0 Å². The molecule has 1 aromatic rings. The summed E-state index contributed by atoms with van der Waals surface area (Å²) in [4.78, 5) is 12.2. The second-order valence-electron chi connectivity index (χ2n) is 5.78. The van der Waals surface area contributed by atoms with E-state index in [1.54, 1.807) is 12.1 Å². The molecule has 0 radical (unpaired) electrons. The van der Waals surface area contributed by atoms with Gasteiger partial charge in [0.1, 0.15) is 5.75 Å². The van der Waals surface area contributed by atoms with E-state index in [1.807, 2.05) is 6.92 Å². The summed E-state index contributed by atoms with van der Waals surface area (Å²) in [6.45, 7) is 2.06. The van der Waals surface area contributed by atoms with Crippen LogP contribution < -0.4 is 15.4 Å². The molecule has 1 amide bonds. The number of rotatable bonds is 5. The lowest BCUT2D eigenvalue weighted by Gasteiger charge is -2.27. The number of halogens is 3. The largest absolute Gasteiger partial charge is 0.434 e. The lowest BCUT2D eigenvalue weighted by atomic mass is 9.92. The lowest BCUT2D eigenvalue weighted by Crippen LogP contribution is -2.42. The molecule has 1 aliphatic rings. The number of benzene rings is 1. The Bertz CT molecular complexity index is 529. The van der Waals surface area contributed by atoms with Crippen LogP contribution in [0, 0.1) is 12.8 Å². The van der Waals surface area contributed by atoms with E-state index < -0.39 is 6.61 Å². The Morgan fingerprint density at radius 1 is 1.48 bits per heavy atom. The van der Waals surface area contributed by atoms with Gasteiger partial charge in [0.2, 0.25) is 5.91 Å². The average Bonchev–Trinajstić information content (AvgIpc) is 2.46. The SMILES string of the molecule is Cc1ccc(OC(F)F)c(CNC(=O)[C@H]2CCN[C@@H](C)C2)c1.Cl. The molecule has 1 heterocycles. The molecule has 0 spiro atoms. The number of amides is 1. The third kappa shape index (κ3) is 5.95. The highest BCUT2D eigenvalue weighted by Crippen LogP contribution is 2.22. The summed E-state index contributed by atoms with van der Waals surface area (Å²) in [7, 11) is 0. The molecule has 0 unspecified atom stereocenters. The number of piperidine rings is 1. The van der Waals surface area contributed by atoms with Crippen LogP contribution in [0.3, 0.4) is 0 Å². The first-order valence-electron chi connectivity index (χ1n) is 7.51. The predicted molar refractivity (Wildman–Crippen MR) is 87.1 cm³/mol. The Hall–Kier alpha value is -1.40. The van der Waals surface area contributed by atoms with Gasteiger partial charge in [-0.05, 0) is 39.3 Å². The van der Waals surface area contributed by atoms with E-state index in [2.05, 4.69) is 22.3 Å². The molecular weight excluding hydrogens is 326 g/mol. The third-order valence-electron chi connectivity index (χ3n) is 3.88. The molecule has 0 saturated carbocycles. The van der Waals surface area contributed by atoms with Crippen LogP contribution in [0.25, 0.3) is 0 Å². The number of carbonyl (C=O) groups is 1. The van der Waals surface area contributed by atoms with E-state index in [9.17, 15) is 13.6 Å². The summed E-state index contributed by atoms with van der Waals surface area (Å²) in [5.41, 5.74) is 1.50. The van der Waals surface area contributed by atoms with Crippen molar-refractivity contribution in [2.75, 3.05) is 6.54 Å². The van der Waals surface area contributed by atoms with Crippen LogP contribution in [-0.2, 0) is 11.3 Å². The molecule has 2 N–H and O–H groups in total. The number of ether oxygens (including phenoxy) is 1. The molecular formula is C16H23ClF2N2O2. The molecule has 23 heavy (non-hydrogen) atoms. The van der Waals surface area contributed by atoms with Gasteiger partial charge in [0, 0.05) is 24.1 Å². The van der Waals surface area contributed by atoms with Crippen molar-refractivity contribution < 1.29 is 18.3 Å². The van der Waals surface area contributed by atoms with Gasteiger partial charge in [-0.15, -0.1) is 12.4 Å². The highest BCUT2D eigenvalue weighted by molar-refractivity contribution is 5.85. The smallest absolute Gasteiger partial charge is 0.387 e. The monoisotopic (exact) mass is 348 g/mol. The maximum absolute atomic E-state index is 12.4. The van der Waals surface area contributed by atoms with Gasteiger partial charge in [-0.1, -0.05) is 17.7 Å². The van der Waals surface area contributed by atoms with Crippen molar-refractivity contribution >= 4 is 18.3 Å². The number of nitrogens with one attached hydrogen (secondary N) is 2. The van der Waals surface area contributed by atoms with E-state index >= 15 is 0 Å². The van der Waals surface area contributed by atoms with E-state index in [-0.39, 0.29) is 36.5 Å². The zero-order valence-electron chi connectivity index (χ0n) is 13.3. The highest BCUT2D eigenvalue weighted by Gasteiger charge is 2.24. The van der Waals surface area contributed by atoms with Crippen LogP contribution in [-0.4, -0.2) is 25.1 Å². The molecule has 1 aromatic carbocycles. The van der Waals surface area contributed by atoms with Gasteiger partial charge >= 0.3 is 6.61 Å². The minimum absolute atomic E-state index is 0. The van der Waals surface area contributed by atoms with Crippen LogP contribution in [0.5, 0.6) is 5.75 Å². The number of alkyl halides is 2. The maximum atomic E-state index is 12.4. The number of aryl methyl sites for hydroxylation is 1. The maximum Gasteiger partial charge on any atom is 0.387 e. The summed E-state index contributed by atoms with van der Waals surface area (Å²) >= 11 is 0. The van der Waals surface area contributed by atoms with Crippen LogP contribution >= 0.6 is 12.4 Å². The van der Waals surface area contributed by atoms with Crippen molar-refractivity contribution in [3.05, 3.63) is 29.3 Å². The standard InChI is InChI=1S/C16H22F2N2O2.ClH/c1-10-3-4-14(22-16(17)18)13(7-10)9-20-15(21)12-5-6-19-11(2)8-12;/h3-4,7,11-12,16,19H,5-6,8-9H2,1-2H3,(H,20,21);1H/t11-,12-;/m0./s1. The van der Waals surface area contributed by atoms with Crippen molar-refractivity contribution in [3.8, 4) is 5.75 Å². The molecule has 130 valence electrons. The van der Waals surface area contributed by atoms with Crippen molar-refractivity contribution in [2.24, 2.45) is 5.92 Å². The van der Waals surface area contributed by atoms with Gasteiger partial charge in [-0.2, -0.15) is 8.78 Å². The molecule has 4 nitrogen and oxygen atoms in total. The predicted octanol–water partition coefficient (Wildman–Crippen LogP) is 3.02. The summed E-state index contributed by atoms with van der Waals surface area (Å²) < 4.78 is 29.3. The van der Waals surface area contributed by atoms with Crippen LogP contribution in [0.2, 0.25) is 0 Å². The molecule has 0 aliphatic carbocycles. The van der Waals surface area contributed by atoms with E-state index in [0.29, 0.717) is 11.6 Å². The Kier molecular flexibility index (Phi) is 7.72. The fourth-order valence-electron chi connectivity index (χ4n) is 2.75. The van der Waals surface area contributed by atoms with E-state index in [0.717, 1.165) is 24.9 Å². The minimum Gasteiger partial charge on any atom is -0.434 e. The van der Waals surface area contributed by atoms with Crippen molar-refractivity contribution in [1.29, 1.82) is 0 Å². The fraction of sp³-hybridized carbons (Fsp3) is 0.562. The quantitative estimate of drug-likeness (QED) is 0.860. The Labute approximate surface area is 141 Å². The zero-order chi connectivity index (χ0) is 16.1. The molecule has 2 atom stereocenters. The fourth-order valence-corrected chi connectivity index (χ4v) is 2.75. The first-order valence-corrected chi connectivity index (χ1v) is 7.51. The molecule has 1 aliphatic heterocycles. The molecule has 7 heteroatoms. The second kappa shape index (κ2) is 9.03. The molecule has 0 aromatic heterocycles. The van der Waals surface area contributed by atoms with Gasteiger partial charge in [-0.25, -0.2) is 0 Å². The van der Waals surface area contributed by atoms with Gasteiger partial charge in [0.15, 0.2) is 0 Å². The van der Waals surface area contributed by atoms with Crippen LogP contribution in [0.15, 0.2) is 18.2 Å². The van der Waals surface area contributed by atoms with Crippen LogP contribution in [0.4, 0.5) is 8.78 Å². The van der Waals surface area contributed by atoms with E-state index in [4.69, 9.17) is 0 Å². The molecule has 1 fully saturated rings. The first kappa shape index (κ1) is 19.6. The average molecular weight is 349 g/mol. The van der Waals surface area contributed by atoms with Gasteiger partial charge in [0.05, 0.1) is 0 Å². The van der Waals surface area contributed by atoms with Crippen LogP contribution in [0.1, 0.15) is 30.9 Å². The lowest BCUT2D eigenvalue weighted by molar-refractivity contribution is -0.126. The number of hydrogen-bond donors (Lipinski definition) is 2. The third-order valence-corrected chi connectivity index (χ3v) is 3.88. The second-order valence-corrected chi connectivity index (χ2v) is 5.78. The summed E-state index contributed by atoms with van der Waals surface area (Å²) in [6.07, 6.45) is 1.59. The van der Waals surface area contributed by atoms with Crippen molar-refractivity contribution in [3.63, 3.8) is 0 Å². The zero-order valence-corrected chi connectivity index (χ0v) is 14.1. The summed E-state index contributed by atoms with van der Waals surface area (Å²) in [5.74, 6) is 0.0537. The van der Waals surface area contributed by atoms with Gasteiger partial charge in [-0.3, -0.25) is 4.79 Å². The first-order chi connectivity index (χ1) is 10.5. The van der Waals surface area contributed by atoms with Crippen molar-refractivity contribution in [1.82, 2.24) is 10.6 Å². The summed E-state index contributed by atoms with van der Waals surface area (Å²) in [6, 6.07) is 5.29.